The molecule has 0 aliphatic carbocycles. The highest BCUT2D eigenvalue weighted by molar-refractivity contribution is 7.99. The predicted molar refractivity (Wildman–Crippen MR) is 84.5 cm³/mol. The second-order valence-corrected chi connectivity index (χ2v) is 7.02. The molecule has 0 bridgehead atoms. The van der Waals surface area contributed by atoms with Crippen LogP contribution in [0.3, 0.4) is 0 Å². The van der Waals surface area contributed by atoms with Gasteiger partial charge in [-0.1, -0.05) is 23.7 Å². The Morgan fingerprint density at radius 1 is 1.50 bits per heavy atom. The summed E-state index contributed by atoms with van der Waals surface area (Å²) in [5, 5.41) is 0.749. The molecule has 1 aromatic carbocycles. The van der Waals surface area contributed by atoms with E-state index in [4.69, 9.17) is 11.6 Å². The Morgan fingerprint density at radius 2 is 2.35 bits per heavy atom. The van der Waals surface area contributed by atoms with Crippen LogP contribution in [0, 0.1) is 6.92 Å². The van der Waals surface area contributed by atoms with E-state index in [1.165, 1.54) is 11.3 Å². The van der Waals surface area contributed by atoms with Gasteiger partial charge < -0.3 is 4.90 Å². The molecular weight excluding hydrogens is 312 g/mol. The standard InChI is InChI=1S/C14H13ClN2OS2/c1-9-12(20-8-16-9)13(18)17-5-6-19-14(17)10-3-2-4-11(15)7-10/h2-4,7-8,14H,5-6H2,1H3. The van der Waals surface area contributed by atoms with Crippen LogP contribution in [-0.4, -0.2) is 28.1 Å². The van der Waals surface area contributed by atoms with E-state index >= 15 is 0 Å². The fourth-order valence-corrected chi connectivity index (χ4v) is 4.45. The van der Waals surface area contributed by atoms with Crippen LogP contribution in [0.15, 0.2) is 29.8 Å². The zero-order valence-corrected chi connectivity index (χ0v) is 13.3. The minimum atomic E-state index is 0.0442. The second kappa shape index (κ2) is 5.76. The SMILES string of the molecule is Cc1ncsc1C(=O)N1CCSC1c1cccc(Cl)c1. The topological polar surface area (TPSA) is 33.2 Å². The molecule has 2 heterocycles. The molecule has 1 atom stereocenters. The smallest absolute Gasteiger partial charge is 0.267 e. The van der Waals surface area contributed by atoms with E-state index < -0.39 is 0 Å². The lowest BCUT2D eigenvalue weighted by molar-refractivity contribution is 0.0764. The highest BCUT2D eigenvalue weighted by Gasteiger charge is 2.32. The Kier molecular flexibility index (Phi) is 4.01. The van der Waals surface area contributed by atoms with Crippen molar-refractivity contribution < 1.29 is 4.79 Å². The molecule has 3 rings (SSSR count). The normalized spacial score (nSPS) is 18.5. The molecule has 104 valence electrons. The van der Waals surface area contributed by atoms with Gasteiger partial charge in [-0.3, -0.25) is 4.79 Å². The molecule has 20 heavy (non-hydrogen) atoms. The molecule has 0 spiro atoms. The van der Waals surface area contributed by atoms with Crippen LogP contribution in [0.2, 0.25) is 5.02 Å². The van der Waals surface area contributed by atoms with E-state index in [0.717, 1.165) is 28.4 Å². The molecule has 6 heteroatoms. The van der Waals surface area contributed by atoms with Gasteiger partial charge in [0.15, 0.2) is 0 Å². The quantitative estimate of drug-likeness (QED) is 0.837. The number of aromatic nitrogens is 1. The molecule has 1 aliphatic heterocycles. The number of hydrogen-bond acceptors (Lipinski definition) is 4. The third-order valence-electron chi connectivity index (χ3n) is 3.23. The minimum absolute atomic E-state index is 0.0442. The zero-order valence-electron chi connectivity index (χ0n) is 10.9. The number of halogens is 1. The van der Waals surface area contributed by atoms with Gasteiger partial charge in [0.25, 0.3) is 5.91 Å². The maximum atomic E-state index is 12.6. The van der Waals surface area contributed by atoms with Gasteiger partial charge in [-0.25, -0.2) is 4.98 Å². The van der Waals surface area contributed by atoms with Gasteiger partial charge in [0.1, 0.15) is 10.3 Å². The summed E-state index contributed by atoms with van der Waals surface area (Å²) >= 11 is 9.24. The largest absolute Gasteiger partial charge is 0.321 e. The molecule has 0 radical (unpaired) electrons. The summed E-state index contributed by atoms with van der Waals surface area (Å²) in [5.41, 5.74) is 3.61. The molecule has 0 N–H and O–H groups in total. The first-order chi connectivity index (χ1) is 9.66. The number of hydrogen-bond donors (Lipinski definition) is 0. The van der Waals surface area contributed by atoms with E-state index in [0.29, 0.717) is 5.02 Å². The van der Waals surface area contributed by atoms with Gasteiger partial charge in [0.05, 0.1) is 11.2 Å². The summed E-state index contributed by atoms with van der Waals surface area (Å²) < 4.78 is 0. The van der Waals surface area contributed by atoms with Gasteiger partial charge in [0, 0.05) is 17.3 Å². The van der Waals surface area contributed by atoms with Crippen molar-refractivity contribution >= 4 is 40.6 Å². The number of carbonyl (C=O) groups is 1. The first kappa shape index (κ1) is 13.9. The van der Waals surface area contributed by atoms with E-state index in [-0.39, 0.29) is 11.3 Å². The van der Waals surface area contributed by atoms with Crippen molar-refractivity contribution in [3.63, 3.8) is 0 Å². The second-order valence-electron chi connectivity index (χ2n) is 4.54. The van der Waals surface area contributed by atoms with Crippen molar-refractivity contribution in [2.45, 2.75) is 12.3 Å². The average molecular weight is 325 g/mol. The number of thiazole rings is 1. The predicted octanol–water partition coefficient (Wildman–Crippen LogP) is 3.99. The summed E-state index contributed by atoms with van der Waals surface area (Å²) in [6, 6.07) is 7.74. The number of amides is 1. The molecule has 1 saturated heterocycles. The highest BCUT2D eigenvalue weighted by Crippen LogP contribution is 2.39. The zero-order chi connectivity index (χ0) is 14.1. The maximum Gasteiger partial charge on any atom is 0.267 e. The summed E-state index contributed by atoms with van der Waals surface area (Å²) in [6.45, 7) is 2.64. The van der Waals surface area contributed by atoms with Crippen LogP contribution >= 0.6 is 34.7 Å². The van der Waals surface area contributed by atoms with Crippen molar-refractivity contribution in [1.29, 1.82) is 0 Å². The van der Waals surface area contributed by atoms with Gasteiger partial charge in [-0.05, 0) is 24.6 Å². The van der Waals surface area contributed by atoms with E-state index in [2.05, 4.69) is 4.98 Å². The molecule has 1 aromatic heterocycles. The molecule has 3 nitrogen and oxygen atoms in total. The first-order valence-corrected chi connectivity index (χ1v) is 8.55. The number of benzene rings is 1. The summed E-state index contributed by atoms with van der Waals surface area (Å²) in [7, 11) is 0. The van der Waals surface area contributed by atoms with Crippen molar-refractivity contribution in [3.05, 3.63) is 50.9 Å². The van der Waals surface area contributed by atoms with Crippen LogP contribution < -0.4 is 0 Å². The fraction of sp³-hybridized carbons (Fsp3) is 0.286. The van der Waals surface area contributed by atoms with Crippen molar-refractivity contribution in [2.75, 3.05) is 12.3 Å². The Labute approximate surface area is 131 Å². The Balaban J connectivity index is 1.90. The molecular formula is C14H13ClN2OS2. The summed E-state index contributed by atoms with van der Waals surface area (Å²) in [5.74, 6) is 1.01. The van der Waals surface area contributed by atoms with Gasteiger partial charge in [-0.2, -0.15) is 0 Å². The van der Waals surface area contributed by atoms with Gasteiger partial charge in [-0.15, -0.1) is 23.1 Å². The van der Waals surface area contributed by atoms with Crippen LogP contribution in [0.1, 0.15) is 26.3 Å². The van der Waals surface area contributed by atoms with Crippen LogP contribution in [0.5, 0.6) is 0 Å². The van der Waals surface area contributed by atoms with Crippen LogP contribution in [0.4, 0.5) is 0 Å². The van der Waals surface area contributed by atoms with Gasteiger partial charge >= 0.3 is 0 Å². The minimum Gasteiger partial charge on any atom is -0.321 e. The summed E-state index contributed by atoms with van der Waals surface area (Å²) in [4.78, 5) is 19.5. The lowest BCUT2D eigenvalue weighted by atomic mass is 10.2. The van der Waals surface area contributed by atoms with Crippen molar-refractivity contribution in [2.24, 2.45) is 0 Å². The molecule has 2 aromatic rings. The third-order valence-corrected chi connectivity index (χ3v) is 5.64. The highest BCUT2D eigenvalue weighted by atomic mass is 35.5. The lowest BCUT2D eigenvalue weighted by Gasteiger charge is -2.23. The molecule has 1 fully saturated rings. The summed E-state index contributed by atoms with van der Waals surface area (Å²) in [6.07, 6.45) is 0. The van der Waals surface area contributed by atoms with Crippen molar-refractivity contribution in [3.8, 4) is 0 Å². The molecule has 1 amide bonds. The Morgan fingerprint density at radius 3 is 3.05 bits per heavy atom. The number of rotatable bonds is 2. The van der Waals surface area contributed by atoms with Gasteiger partial charge in [0.2, 0.25) is 0 Å². The molecule has 0 saturated carbocycles. The van der Waals surface area contributed by atoms with Crippen LogP contribution in [0.25, 0.3) is 0 Å². The average Bonchev–Trinajstić information content (AvgIpc) is 3.06. The third kappa shape index (κ3) is 2.57. The number of aryl methyl sites for hydroxylation is 1. The van der Waals surface area contributed by atoms with Crippen LogP contribution in [-0.2, 0) is 0 Å². The Hall–Kier alpha value is -1.04. The lowest BCUT2D eigenvalue weighted by Crippen LogP contribution is -2.30. The Bertz CT molecular complexity index is 644. The number of carbonyl (C=O) groups excluding carboxylic acids is 1. The molecule has 1 unspecified atom stereocenters. The maximum absolute atomic E-state index is 12.6. The van der Waals surface area contributed by atoms with E-state index in [1.807, 2.05) is 36.1 Å². The monoisotopic (exact) mass is 324 g/mol. The van der Waals surface area contributed by atoms with E-state index in [1.54, 1.807) is 17.3 Å². The number of thioether (sulfide) groups is 1. The first-order valence-electron chi connectivity index (χ1n) is 6.25. The van der Waals surface area contributed by atoms with Crippen molar-refractivity contribution in [1.82, 2.24) is 9.88 Å². The van der Waals surface area contributed by atoms with E-state index in [9.17, 15) is 4.79 Å². The fourth-order valence-electron chi connectivity index (χ4n) is 2.25. The number of nitrogens with zero attached hydrogens (tertiary/aromatic N) is 2. The molecule has 1 aliphatic rings.